The summed E-state index contributed by atoms with van der Waals surface area (Å²) in [5.74, 6) is 1.35. The second-order valence-electron chi connectivity index (χ2n) is 4.83. The lowest BCUT2D eigenvalue weighted by Crippen LogP contribution is -1.93. The van der Waals surface area contributed by atoms with Crippen LogP contribution in [0.25, 0.3) is 10.4 Å². The van der Waals surface area contributed by atoms with Gasteiger partial charge < -0.3 is 10.3 Å². The van der Waals surface area contributed by atoms with E-state index in [2.05, 4.69) is 36.3 Å². The van der Waals surface area contributed by atoms with Gasteiger partial charge in [0.2, 0.25) is 0 Å². The van der Waals surface area contributed by atoms with Crippen LogP contribution in [-0.4, -0.2) is 5.16 Å². The molecule has 0 aliphatic rings. The minimum Gasteiger partial charge on any atom is -0.380 e. The first-order chi connectivity index (χ1) is 9.74. The van der Waals surface area contributed by atoms with E-state index < -0.39 is 0 Å². The smallest absolute Gasteiger partial charge is 0.175 e. The maximum absolute atomic E-state index is 5.93. The lowest BCUT2D eigenvalue weighted by Gasteiger charge is -2.02. The molecule has 0 aliphatic heterocycles. The van der Waals surface area contributed by atoms with Gasteiger partial charge in [-0.15, -0.1) is 11.3 Å². The fourth-order valence-electron chi connectivity index (χ4n) is 2.32. The van der Waals surface area contributed by atoms with Gasteiger partial charge in [-0.1, -0.05) is 41.1 Å². The predicted octanol–water partition coefficient (Wildman–Crippen LogP) is 4.08. The number of anilines is 1. The number of benzene rings is 1. The molecule has 1 aromatic carbocycles. The molecule has 0 bridgehead atoms. The number of hydrogen-bond acceptors (Lipinski definition) is 4. The van der Waals surface area contributed by atoms with Crippen molar-refractivity contribution in [3.8, 4) is 10.4 Å². The van der Waals surface area contributed by atoms with Crippen LogP contribution in [0, 0.1) is 6.92 Å². The van der Waals surface area contributed by atoms with Crippen LogP contribution >= 0.6 is 11.3 Å². The summed E-state index contributed by atoms with van der Waals surface area (Å²) in [4.78, 5) is 1.11. The molecule has 3 rings (SSSR count). The zero-order chi connectivity index (χ0) is 13.9. The SMILES string of the molecule is Cc1cccc(CCc2onc(N)c2-c2cccs2)c1. The lowest BCUT2D eigenvalue weighted by molar-refractivity contribution is 0.386. The molecule has 0 unspecified atom stereocenters. The van der Waals surface area contributed by atoms with Crippen molar-refractivity contribution >= 4 is 17.2 Å². The molecule has 0 saturated carbocycles. The van der Waals surface area contributed by atoms with E-state index in [-0.39, 0.29) is 0 Å². The van der Waals surface area contributed by atoms with Gasteiger partial charge >= 0.3 is 0 Å². The van der Waals surface area contributed by atoms with Gasteiger partial charge in [-0.2, -0.15) is 0 Å². The molecular weight excluding hydrogens is 268 g/mol. The summed E-state index contributed by atoms with van der Waals surface area (Å²) in [6.07, 6.45) is 1.73. The average molecular weight is 284 g/mol. The Labute approximate surface area is 122 Å². The van der Waals surface area contributed by atoms with Crippen molar-refractivity contribution in [1.82, 2.24) is 5.16 Å². The summed E-state index contributed by atoms with van der Waals surface area (Å²) in [6.45, 7) is 2.10. The molecule has 4 heteroatoms. The van der Waals surface area contributed by atoms with Crippen molar-refractivity contribution in [3.63, 3.8) is 0 Å². The highest BCUT2D eigenvalue weighted by Crippen LogP contribution is 2.33. The van der Waals surface area contributed by atoms with Crippen LogP contribution in [-0.2, 0) is 12.8 Å². The van der Waals surface area contributed by atoms with Gasteiger partial charge in [-0.25, -0.2) is 0 Å². The second-order valence-corrected chi connectivity index (χ2v) is 5.78. The van der Waals surface area contributed by atoms with Crippen molar-refractivity contribution in [1.29, 1.82) is 0 Å². The molecular formula is C16H16N2OS. The molecule has 0 aliphatic carbocycles. The number of rotatable bonds is 4. The average Bonchev–Trinajstić information content (AvgIpc) is 3.05. The topological polar surface area (TPSA) is 52.0 Å². The normalized spacial score (nSPS) is 10.8. The standard InChI is InChI=1S/C16H16N2OS/c1-11-4-2-5-12(10-11)7-8-13-15(16(17)18-19-13)14-6-3-9-20-14/h2-6,9-10H,7-8H2,1H3,(H2,17,18). The summed E-state index contributed by atoms with van der Waals surface area (Å²) < 4.78 is 5.40. The molecule has 0 amide bonds. The van der Waals surface area contributed by atoms with E-state index in [9.17, 15) is 0 Å². The van der Waals surface area contributed by atoms with Crippen LogP contribution in [0.2, 0.25) is 0 Å². The summed E-state index contributed by atoms with van der Waals surface area (Å²) in [6, 6.07) is 12.6. The Morgan fingerprint density at radius 1 is 1.20 bits per heavy atom. The first-order valence-corrected chi connectivity index (χ1v) is 7.45. The number of nitrogens with two attached hydrogens (primary N) is 1. The number of nitrogen functional groups attached to an aromatic ring is 1. The van der Waals surface area contributed by atoms with Gasteiger partial charge in [0, 0.05) is 11.3 Å². The van der Waals surface area contributed by atoms with E-state index >= 15 is 0 Å². The fraction of sp³-hybridized carbons (Fsp3) is 0.188. The molecule has 2 aromatic heterocycles. The number of thiophene rings is 1. The Balaban J connectivity index is 1.82. The van der Waals surface area contributed by atoms with Crippen LogP contribution in [0.1, 0.15) is 16.9 Å². The highest BCUT2D eigenvalue weighted by atomic mass is 32.1. The summed E-state index contributed by atoms with van der Waals surface area (Å²) >= 11 is 1.65. The third-order valence-electron chi connectivity index (χ3n) is 3.28. The van der Waals surface area contributed by atoms with Crippen molar-refractivity contribution in [2.24, 2.45) is 0 Å². The highest BCUT2D eigenvalue weighted by Gasteiger charge is 2.16. The Morgan fingerprint density at radius 2 is 2.10 bits per heavy atom. The molecule has 0 radical (unpaired) electrons. The van der Waals surface area contributed by atoms with E-state index in [0.717, 1.165) is 29.0 Å². The zero-order valence-electron chi connectivity index (χ0n) is 11.3. The van der Waals surface area contributed by atoms with Gasteiger partial charge in [-0.3, -0.25) is 0 Å². The van der Waals surface area contributed by atoms with Crippen LogP contribution in [0.5, 0.6) is 0 Å². The first-order valence-electron chi connectivity index (χ1n) is 6.57. The molecule has 0 fully saturated rings. The van der Waals surface area contributed by atoms with Gasteiger partial charge in [0.15, 0.2) is 5.82 Å². The van der Waals surface area contributed by atoms with E-state index in [4.69, 9.17) is 10.3 Å². The van der Waals surface area contributed by atoms with Crippen molar-refractivity contribution in [2.45, 2.75) is 19.8 Å². The Bertz CT molecular complexity index is 701. The van der Waals surface area contributed by atoms with Crippen molar-refractivity contribution in [2.75, 3.05) is 5.73 Å². The predicted molar refractivity (Wildman–Crippen MR) is 82.8 cm³/mol. The maximum atomic E-state index is 5.93. The molecule has 0 saturated heterocycles. The van der Waals surface area contributed by atoms with E-state index in [1.54, 1.807) is 11.3 Å². The molecule has 2 N–H and O–H groups in total. The zero-order valence-corrected chi connectivity index (χ0v) is 12.1. The van der Waals surface area contributed by atoms with Gasteiger partial charge in [0.25, 0.3) is 0 Å². The third kappa shape index (κ3) is 2.60. The molecule has 0 atom stereocenters. The van der Waals surface area contributed by atoms with E-state index in [0.29, 0.717) is 5.82 Å². The first kappa shape index (κ1) is 12.9. The van der Waals surface area contributed by atoms with E-state index in [1.165, 1.54) is 11.1 Å². The largest absolute Gasteiger partial charge is 0.380 e. The monoisotopic (exact) mass is 284 g/mol. The summed E-state index contributed by atoms with van der Waals surface area (Å²) in [5.41, 5.74) is 9.46. The number of nitrogens with zero attached hydrogens (tertiary/aromatic N) is 1. The number of hydrogen-bond donors (Lipinski definition) is 1. The molecule has 2 heterocycles. The molecule has 102 valence electrons. The van der Waals surface area contributed by atoms with Gasteiger partial charge in [0.1, 0.15) is 5.76 Å². The van der Waals surface area contributed by atoms with Crippen molar-refractivity contribution in [3.05, 3.63) is 58.7 Å². The minimum absolute atomic E-state index is 0.478. The summed E-state index contributed by atoms with van der Waals surface area (Å²) in [5, 5.41) is 5.95. The van der Waals surface area contributed by atoms with Gasteiger partial charge in [0.05, 0.1) is 5.56 Å². The van der Waals surface area contributed by atoms with Crippen molar-refractivity contribution < 1.29 is 4.52 Å². The quantitative estimate of drug-likeness (QED) is 0.785. The molecule has 0 spiro atoms. The Kier molecular flexibility index (Phi) is 3.56. The van der Waals surface area contributed by atoms with Gasteiger partial charge in [-0.05, 0) is 30.4 Å². The van der Waals surface area contributed by atoms with Crippen LogP contribution in [0.15, 0.2) is 46.3 Å². The van der Waals surface area contributed by atoms with E-state index in [1.807, 2.05) is 17.5 Å². The lowest BCUT2D eigenvalue weighted by atomic mass is 10.0. The fourth-order valence-corrected chi connectivity index (χ4v) is 3.12. The molecule has 3 aromatic rings. The Hall–Kier alpha value is -2.07. The minimum atomic E-state index is 0.478. The second kappa shape index (κ2) is 5.51. The summed E-state index contributed by atoms with van der Waals surface area (Å²) in [7, 11) is 0. The van der Waals surface area contributed by atoms with Crippen LogP contribution in [0.3, 0.4) is 0 Å². The number of aromatic nitrogens is 1. The molecule has 3 nitrogen and oxygen atoms in total. The molecule has 20 heavy (non-hydrogen) atoms. The third-order valence-corrected chi connectivity index (χ3v) is 4.17. The van der Waals surface area contributed by atoms with Crippen LogP contribution in [0.4, 0.5) is 5.82 Å². The highest BCUT2D eigenvalue weighted by molar-refractivity contribution is 7.13. The Morgan fingerprint density at radius 3 is 2.85 bits per heavy atom. The number of aryl methyl sites for hydroxylation is 3. The van der Waals surface area contributed by atoms with Crippen LogP contribution < -0.4 is 5.73 Å². The maximum Gasteiger partial charge on any atom is 0.175 e.